The largest absolute Gasteiger partial charge is 0.508 e. The summed E-state index contributed by atoms with van der Waals surface area (Å²) >= 11 is 0. The third-order valence-corrected chi connectivity index (χ3v) is 5.02. The van der Waals surface area contributed by atoms with E-state index in [9.17, 15) is 15.0 Å². The van der Waals surface area contributed by atoms with Gasteiger partial charge in [-0.25, -0.2) is 4.79 Å². The normalized spacial score (nSPS) is 11.4. The minimum Gasteiger partial charge on any atom is -0.508 e. The Morgan fingerprint density at radius 2 is 1.72 bits per heavy atom. The highest BCUT2D eigenvalue weighted by molar-refractivity contribution is 5.77. The monoisotopic (exact) mass is 432 g/mol. The van der Waals surface area contributed by atoms with Crippen molar-refractivity contribution in [1.29, 1.82) is 0 Å². The maximum Gasteiger partial charge on any atom is 0.347 e. The Kier molecular flexibility index (Phi) is 5.73. The van der Waals surface area contributed by atoms with Crippen molar-refractivity contribution in [3.8, 4) is 11.5 Å². The number of anilines is 1. The Labute approximate surface area is 185 Å². The van der Waals surface area contributed by atoms with Gasteiger partial charge in [-0.3, -0.25) is 0 Å². The van der Waals surface area contributed by atoms with Gasteiger partial charge in [-0.1, -0.05) is 36.4 Å². The highest BCUT2D eigenvalue weighted by Crippen LogP contribution is 2.27. The number of aromatic hydroxyl groups is 1. The smallest absolute Gasteiger partial charge is 0.347 e. The zero-order valence-electron chi connectivity index (χ0n) is 17.9. The number of oxazole rings is 1. The molecule has 2 N–H and O–H groups in total. The van der Waals surface area contributed by atoms with E-state index in [2.05, 4.69) is 4.98 Å². The average molecular weight is 432 g/mol. The molecule has 3 aromatic carbocycles. The number of hydrogen-bond acceptors (Lipinski definition) is 6. The molecule has 32 heavy (non-hydrogen) atoms. The Balaban J connectivity index is 1.63. The fraction of sp³-hybridized carbons (Fsp3) is 0.200. The summed E-state index contributed by atoms with van der Waals surface area (Å²) in [6.45, 7) is 3.98. The molecular weight excluding hydrogens is 408 g/mol. The number of aromatic nitrogens is 1. The number of ether oxygens (including phenoxy) is 1. The van der Waals surface area contributed by atoms with E-state index >= 15 is 0 Å². The second-order valence-electron chi connectivity index (χ2n) is 8.05. The topological polar surface area (TPSA) is 96.0 Å². The molecule has 0 amide bonds. The molecule has 0 aliphatic rings. The number of rotatable bonds is 8. The minimum atomic E-state index is -1.34. The summed E-state index contributed by atoms with van der Waals surface area (Å²) in [7, 11) is 0. The number of fused-ring (bicyclic) bond motifs is 1. The third kappa shape index (κ3) is 4.83. The molecule has 0 saturated carbocycles. The number of carbonyl (C=O) groups is 1. The molecule has 0 fully saturated rings. The third-order valence-electron chi connectivity index (χ3n) is 5.02. The molecule has 4 rings (SSSR count). The Hall–Kier alpha value is -4.00. The number of hydrogen-bond donors (Lipinski definition) is 2. The lowest BCUT2D eigenvalue weighted by Gasteiger charge is -2.23. The van der Waals surface area contributed by atoms with Crippen molar-refractivity contribution in [3.63, 3.8) is 0 Å². The zero-order valence-corrected chi connectivity index (χ0v) is 17.9. The zero-order chi connectivity index (χ0) is 22.7. The van der Waals surface area contributed by atoms with Crippen molar-refractivity contribution in [1.82, 2.24) is 4.98 Å². The van der Waals surface area contributed by atoms with E-state index in [1.54, 1.807) is 18.2 Å². The van der Waals surface area contributed by atoms with Crippen molar-refractivity contribution < 1.29 is 24.2 Å². The highest BCUT2D eigenvalue weighted by atomic mass is 16.5. The molecule has 0 spiro atoms. The number of carboxylic acid groups (broad SMARTS) is 1. The van der Waals surface area contributed by atoms with E-state index < -0.39 is 11.6 Å². The quantitative estimate of drug-likeness (QED) is 0.405. The number of phenols is 1. The molecule has 0 saturated heterocycles. The molecule has 4 aromatic rings. The maximum absolute atomic E-state index is 11.4. The first kappa shape index (κ1) is 21.2. The van der Waals surface area contributed by atoms with Gasteiger partial charge in [-0.2, -0.15) is 4.98 Å². The lowest BCUT2D eigenvalue weighted by molar-refractivity contribution is -0.152. The van der Waals surface area contributed by atoms with Gasteiger partial charge < -0.3 is 24.3 Å². The van der Waals surface area contributed by atoms with Crippen LogP contribution in [0.3, 0.4) is 0 Å². The number of para-hydroxylation sites is 2. The molecule has 0 unspecified atom stereocenters. The predicted molar refractivity (Wildman–Crippen MR) is 121 cm³/mol. The SMILES string of the molecule is CC(C)(Oc1cccc(CN(Cc2ccc(O)cc2)c2nc3ccccc3o2)c1)C(=O)O. The van der Waals surface area contributed by atoms with Crippen LogP contribution in [0.5, 0.6) is 11.5 Å². The van der Waals surface area contributed by atoms with Crippen LogP contribution in [0.1, 0.15) is 25.0 Å². The summed E-state index contributed by atoms with van der Waals surface area (Å²) in [5.74, 6) is -0.367. The van der Waals surface area contributed by atoms with Crippen molar-refractivity contribution in [3.05, 3.63) is 83.9 Å². The number of nitrogens with zero attached hydrogens (tertiary/aromatic N) is 2. The lowest BCUT2D eigenvalue weighted by Crippen LogP contribution is -2.37. The average Bonchev–Trinajstić information content (AvgIpc) is 3.19. The van der Waals surface area contributed by atoms with Gasteiger partial charge in [0.15, 0.2) is 11.2 Å². The van der Waals surface area contributed by atoms with E-state index in [0.717, 1.165) is 16.6 Å². The molecular formula is C25H24N2O5. The molecule has 164 valence electrons. The summed E-state index contributed by atoms with van der Waals surface area (Å²) in [5, 5.41) is 18.9. The lowest BCUT2D eigenvalue weighted by atomic mass is 10.1. The van der Waals surface area contributed by atoms with Gasteiger partial charge in [0.2, 0.25) is 0 Å². The van der Waals surface area contributed by atoms with Gasteiger partial charge in [-0.15, -0.1) is 0 Å². The Bertz CT molecular complexity index is 1200. The van der Waals surface area contributed by atoms with Gasteiger partial charge in [0, 0.05) is 13.1 Å². The van der Waals surface area contributed by atoms with Crippen LogP contribution >= 0.6 is 0 Å². The molecule has 0 radical (unpaired) electrons. The Morgan fingerprint density at radius 3 is 2.44 bits per heavy atom. The molecule has 1 heterocycles. The van der Waals surface area contributed by atoms with Crippen LogP contribution in [0.2, 0.25) is 0 Å². The van der Waals surface area contributed by atoms with Crippen LogP contribution in [-0.4, -0.2) is 26.8 Å². The summed E-state index contributed by atoms with van der Waals surface area (Å²) in [5.41, 5.74) is 2.00. The van der Waals surface area contributed by atoms with Gasteiger partial charge in [0.05, 0.1) is 0 Å². The number of phenolic OH excluding ortho intramolecular Hbond substituents is 1. The van der Waals surface area contributed by atoms with Crippen LogP contribution in [0.15, 0.2) is 77.2 Å². The molecule has 0 bridgehead atoms. The fourth-order valence-corrected chi connectivity index (χ4v) is 3.27. The minimum absolute atomic E-state index is 0.202. The number of carboxylic acids is 1. The van der Waals surface area contributed by atoms with Crippen molar-refractivity contribution >= 4 is 23.1 Å². The van der Waals surface area contributed by atoms with Crippen molar-refractivity contribution in [2.75, 3.05) is 4.90 Å². The van der Waals surface area contributed by atoms with E-state index in [0.29, 0.717) is 30.4 Å². The van der Waals surface area contributed by atoms with Gasteiger partial charge in [-0.05, 0) is 61.4 Å². The summed E-state index contributed by atoms with van der Waals surface area (Å²) in [6.07, 6.45) is 0. The first-order valence-corrected chi connectivity index (χ1v) is 10.2. The maximum atomic E-state index is 11.4. The van der Waals surface area contributed by atoms with Crippen LogP contribution in [0.4, 0.5) is 6.01 Å². The molecule has 0 atom stereocenters. The molecule has 7 heteroatoms. The number of benzene rings is 3. The van der Waals surface area contributed by atoms with Crippen molar-refractivity contribution in [2.24, 2.45) is 0 Å². The first-order chi connectivity index (χ1) is 15.3. The standard InChI is InChI=1S/C25H24N2O5/c1-25(2,23(29)30)32-20-7-5-6-18(14-20)16-27(15-17-10-12-19(28)13-11-17)24-26-21-8-3-4-9-22(21)31-24/h3-14,28H,15-16H2,1-2H3,(H,29,30). The summed E-state index contributed by atoms with van der Waals surface area (Å²) in [6, 6.07) is 22.3. The van der Waals surface area contributed by atoms with Crippen molar-refractivity contribution in [2.45, 2.75) is 32.5 Å². The fourth-order valence-electron chi connectivity index (χ4n) is 3.27. The number of aliphatic carboxylic acids is 1. The van der Waals surface area contributed by atoms with Gasteiger partial charge in [0.25, 0.3) is 6.01 Å². The van der Waals surface area contributed by atoms with Crippen LogP contribution in [-0.2, 0) is 17.9 Å². The van der Waals surface area contributed by atoms with Crippen LogP contribution in [0.25, 0.3) is 11.1 Å². The van der Waals surface area contributed by atoms with E-state index in [-0.39, 0.29) is 5.75 Å². The van der Waals surface area contributed by atoms with E-state index in [1.165, 1.54) is 13.8 Å². The van der Waals surface area contributed by atoms with Crippen LogP contribution < -0.4 is 9.64 Å². The highest BCUT2D eigenvalue weighted by Gasteiger charge is 2.29. The Morgan fingerprint density at radius 1 is 1.00 bits per heavy atom. The van der Waals surface area contributed by atoms with E-state index in [4.69, 9.17) is 9.15 Å². The van der Waals surface area contributed by atoms with E-state index in [1.807, 2.05) is 59.5 Å². The van der Waals surface area contributed by atoms with Gasteiger partial charge >= 0.3 is 5.97 Å². The first-order valence-electron chi connectivity index (χ1n) is 10.2. The van der Waals surface area contributed by atoms with Crippen LogP contribution in [0, 0.1) is 0 Å². The second kappa shape index (κ2) is 8.63. The second-order valence-corrected chi connectivity index (χ2v) is 8.05. The molecule has 0 aliphatic heterocycles. The molecule has 0 aliphatic carbocycles. The molecule has 7 nitrogen and oxygen atoms in total. The summed E-state index contributed by atoms with van der Waals surface area (Å²) < 4.78 is 11.7. The van der Waals surface area contributed by atoms with Gasteiger partial charge in [0.1, 0.15) is 17.0 Å². The summed E-state index contributed by atoms with van der Waals surface area (Å²) in [4.78, 5) is 18.0. The molecule has 1 aromatic heterocycles. The predicted octanol–water partition coefficient (Wildman–Crippen LogP) is 4.98.